The van der Waals surface area contributed by atoms with Crippen LogP contribution in [0.1, 0.15) is 55.1 Å². The molecule has 1 nitrogen and oxygen atoms in total. The van der Waals surface area contributed by atoms with Gasteiger partial charge in [-0.1, -0.05) is 32.6 Å². The highest BCUT2D eigenvalue weighted by Gasteiger charge is 2.07. The van der Waals surface area contributed by atoms with Gasteiger partial charge >= 0.3 is 0 Å². The molecule has 15 heavy (non-hydrogen) atoms. The number of carbonyl (C=O) groups excluding carboxylic acids is 1. The van der Waals surface area contributed by atoms with Crippen molar-refractivity contribution in [2.75, 3.05) is 0 Å². The molecule has 1 rings (SSSR count). The SMILES string of the molecule is CCCCCCCC(=O)c1ccc(Br)s1. The predicted molar refractivity (Wildman–Crippen MR) is 69.7 cm³/mol. The molecule has 0 aromatic carbocycles. The van der Waals surface area contributed by atoms with Gasteiger partial charge in [-0.15, -0.1) is 11.3 Å². The predicted octanol–water partition coefficient (Wildman–Crippen LogP) is 5.05. The lowest BCUT2D eigenvalue weighted by atomic mass is 10.1. The van der Waals surface area contributed by atoms with Crippen molar-refractivity contribution < 1.29 is 4.79 Å². The number of hydrogen-bond donors (Lipinski definition) is 0. The molecule has 0 bridgehead atoms. The third-order valence-electron chi connectivity index (χ3n) is 2.36. The topological polar surface area (TPSA) is 17.1 Å². The average Bonchev–Trinajstić information content (AvgIpc) is 2.64. The molecule has 0 N–H and O–H groups in total. The van der Waals surface area contributed by atoms with Crippen LogP contribution < -0.4 is 0 Å². The molecule has 0 spiro atoms. The van der Waals surface area contributed by atoms with Gasteiger partial charge in [-0.2, -0.15) is 0 Å². The van der Waals surface area contributed by atoms with Gasteiger partial charge in [0.25, 0.3) is 0 Å². The molecule has 84 valence electrons. The van der Waals surface area contributed by atoms with Crippen LogP contribution in [-0.4, -0.2) is 5.78 Å². The normalized spacial score (nSPS) is 10.5. The summed E-state index contributed by atoms with van der Waals surface area (Å²) >= 11 is 4.90. The highest BCUT2D eigenvalue weighted by molar-refractivity contribution is 9.11. The van der Waals surface area contributed by atoms with Crippen LogP contribution in [0.2, 0.25) is 0 Å². The van der Waals surface area contributed by atoms with Crippen molar-refractivity contribution in [1.29, 1.82) is 0 Å². The fraction of sp³-hybridized carbons (Fsp3) is 0.583. The second-order valence-electron chi connectivity index (χ2n) is 3.69. The van der Waals surface area contributed by atoms with Gasteiger partial charge in [-0.25, -0.2) is 0 Å². The van der Waals surface area contributed by atoms with Crippen molar-refractivity contribution in [3.8, 4) is 0 Å². The number of ketones is 1. The minimum atomic E-state index is 0.294. The van der Waals surface area contributed by atoms with Crippen LogP contribution in [0.3, 0.4) is 0 Å². The Balaban J connectivity index is 2.19. The minimum absolute atomic E-state index is 0.294. The molecule has 1 aromatic rings. The van der Waals surface area contributed by atoms with Crippen molar-refractivity contribution in [1.82, 2.24) is 0 Å². The molecule has 1 aromatic heterocycles. The summed E-state index contributed by atoms with van der Waals surface area (Å²) in [5, 5.41) is 0. The summed E-state index contributed by atoms with van der Waals surface area (Å²) < 4.78 is 1.04. The number of halogens is 1. The summed E-state index contributed by atoms with van der Waals surface area (Å²) in [7, 11) is 0. The summed E-state index contributed by atoms with van der Waals surface area (Å²) in [6, 6.07) is 3.85. The third kappa shape index (κ3) is 4.94. The molecule has 0 aliphatic rings. The quantitative estimate of drug-likeness (QED) is 0.507. The Kier molecular flexibility index (Phi) is 6.18. The smallest absolute Gasteiger partial charge is 0.172 e. The maximum absolute atomic E-state index is 11.7. The maximum Gasteiger partial charge on any atom is 0.172 e. The molecule has 0 fully saturated rings. The molecule has 0 amide bonds. The molecule has 3 heteroatoms. The zero-order chi connectivity index (χ0) is 11.1. The Hall–Kier alpha value is -0.150. The number of unbranched alkanes of at least 4 members (excludes halogenated alkanes) is 4. The monoisotopic (exact) mass is 288 g/mol. The Bertz CT molecular complexity index is 306. The van der Waals surface area contributed by atoms with E-state index in [1.54, 1.807) is 0 Å². The average molecular weight is 289 g/mol. The van der Waals surface area contributed by atoms with E-state index in [2.05, 4.69) is 22.9 Å². The van der Waals surface area contributed by atoms with E-state index in [4.69, 9.17) is 0 Å². The largest absolute Gasteiger partial charge is 0.293 e. The lowest BCUT2D eigenvalue weighted by Crippen LogP contribution is -1.95. The van der Waals surface area contributed by atoms with Crippen LogP contribution in [0.25, 0.3) is 0 Å². The summed E-state index contributed by atoms with van der Waals surface area (Å²) in [5.74, 6) is 0.294. The summed E-state index contributed by atoms with van der Waals surface area (Å²) in [6.07, 6.45) is 6.74. The second-order valence-corrected chi connectivity index (χ2v) is 6.15. The molecule has 0 aliphatic carbocycles. The van der Waals surface area contributed by atoms with Crippen LogP contribution >= 0.6 is 27.3 Å². The molecular weight excluding hydrogens is 272 g/mol. The Morgan fingerprint density at radius 1 is 1.27 bits per heavy atom. The lowest BCUT2D eigenvalue weighted by Gasteiger charge is -1.98. The molecule has 0 radical (unpaired) electrons. The molecule has 0 atom stereocenters. The van der Waals surface area contributed by atoms with Crippen molar-refractivity contribution in [3.05, 3.63) is 20.8 Å². The van der Waals surface area contributed by atoms with Crippen LogP contribution in [-0.2, 0) is 0 Å². The summed E-state index contributed by atoms with van der Waals surface area (Å²) in [4.78, 5) is 12.6. The van der Waals surface area contributed by atoms with Gasteiger partial charge in [-0.3, -0.25) is 4.79 Å². The first-order valence-corrected chi connectivity index (χ1v) is 7.13. The zero-order valence-electron chi connectivity index (χ0n) is 9.09. The van der Waals surface area contributed by atoms with Crippen LogP contribution in [0.4, 0.5) is 0 Å². The highest BCUT2D eigenvalue weighted by atomic mass is 79.9. The Morgan fingerprint density at radius 2 is 2.00 bits per heavy atom. The first-order valence-electron chi connectivity index (χ1n) is 5.52. The first kappa shape index (κ1) is 12.9. The van der Waals surface area contributed by atoms with Gasteiger partial charge in [0.05, 0.1) is 8.66 Å². The van der Waals surface area contributed by atoms with Crippen LogP contribution in [0.15, 0.2) is 15.9 Å². The number of Topliss-reactive ketones (excluding diaryl/α,β-unsaturated/α-hetero) is 1. The number of rotatable bonds is 7. The van der Waals surface area contributed by atoms with E-state index in [0.29, 0.717) is 12.2 Å². The zero-order valence-corrected chi connectivity index (χ0v) is 11.5. The van der Waals surface area contributed by atoms with Crippen LogP contribution in [0, 0.1) is 0 Å². The standard InChI is InChI=1S/C12H17BrOS/c1-2-3-4-5-6-7-10(14)11-8-9-12(13)15-11/h8-9H,2-7H2,1H3. The van der Waals surface area contributed by atoms with Crippen molar-refractivity contribution in [3.63, 3.8) is 0 Å². The number of hydrogen-bond acceptors (Lipinski definition) is 2. The Morgan fingerprint density at radius 3 is 2.60 bits per heavy atom. The van der Waals surface area contributed by atoms with Gasteiger partial charge in [0.1, 0.15) is 0 Å². The first-order chi connectivity index (χ1) is 7.24. The van der Waals surface area contributed by atoms with Crippen molar-refractivity contribution in [2.45, 2.75) is 45.4 Å². The van der Waals surface area contributed by atoms with E-state index in [9.17, 15) is 4.79 Å². The van der Waals surface area contributed by atoms with E-state index in [-0.39, 0.29) is 0 Å². The maximum atomic E-state index is 11.7. The fourth-order valence-electron chi connectivity index (χ4n) is 1.48. The van der Waals surface area contributed by atoms with Gasteiger partial charge < -0.3 is 0 Å². The van der Waals surface area contributed by atoms with E-state index in [0.717, 1.165) is 15.1 Å². The summed E-state index contributed by atoms with van der Waals surface area (Å²) in [6.45, 7) is 2.20. The molecular formula is C12H17BrOS. The van der Waals surface area contributed by atoms with Gasteiger partial charge in [-0.05, 0) is 34.5 Å². The molecule has 0 saturated heterocycles. The van der Waals surface area contributed by atoms with E-state index in [1.165, 1.54) is 37.0 Å². The third-order valence-corrected chi connectivity index (χ3v) is 4.02. The van der Waals surface area contributed by atoms with Gasteiger partial charge in [0, 0.05) is 6.42 Å². The molecule has 0 unspecified atom stereocenters. The van der Waals surface area contributed by atoms with E-state index >= 15 is 0 Å². The van der Waals surface area contributed by atoms with Crippen molar-refractivity contribution >= 4 is 33.0 Å². The lowest BCUT2D eigenvalue weighted by molar-refractivity contribution is 0.0983. The van der Waals surface area contributed by atoms with Crippen molar-refractivity contribution in [2.24, 2.45) is 0 Å². The number of thiophene rings is 1. The molecule has 1 heterocycles. The van der Waals surface area contributed by atoms with Gasteiger partial charge in [0.15, 0.2) is 5.78 Å². The second kappa shape index (κ2) is 7.18. The van der Waals surface area contributed by atoms with Gasteiger partial charge in [0.2, 0.25) is 0 Å². The molecule has 0 saturated carbocycles. The fourth-order valence-corrected chi connectivity index (χ4v) is 2.83. The van der Waals surface area contributed by atoms with E-state index < -0.39 is 0 Å². The summed E-state index contributed by atoms with van der Waals surface area (Å²) in [5.41, 5.74) is 0. The highest BCUT2D eigenvalue weighted by Crippen LogP contribution is 2.23. The van der Waals surface area contributed by atoms with Crippen LogP contribution in [0.5, 0.6) is 0 Å². The Labute approximate surface area is 104 Å². The van der Waals surface area contributed by atoms with E-state index in [1.807, 2.05) is 12.1 Å². The number of carbonyl (C=O) groups is 1. The minimum Gasteiger partial charge on any atom is -0.293 e. The molecule has 0 aliphatic heterocycles.